The molecule has 0 fully saturated rings. The zero-order chi connectivity index (χ0) is 9.02. The van der Waals surface area contributed by atoms with Gasteiger partial charge in [-0.15, -0.1) is 0 Å². The van der Waals surface area contributed by atoms with Crippen molar-refractivity contribution in [2.45, 2.75) is 19.9 Å². The van der Waals surface area contributed by atoms with Gasteiger partial charge in [0.2, 0.25) is 5.91 Å². The van der Waals surface area contributed by atoms with Crippen molar-refractivity contribution in [1.29, 1.82) is 0 Å². The second-order valence-electron chi connectivity index (χ2n) is 2.99. The second-order valence-corrected chi connectivity index (χ2v) is 2.99. The standard InChI is InChI=1S/C8H18N2O/c1-6-10(5)8(11)7(2)9(3)4/h7H,6H2,1-5H3. The van der Waals surface area contributed by atoms with Gasteiger partial charge in [-0.1, -0.05) is 0 Å². The predicted molar refractivity (Wildman–Crippen MR) is 46.5 cm³/mol. The highest BCUT2D eigenvalue weighted by atomic mass is 16.2. The normalized spacial score (nSPS) is 13.3. The average molecular weight is 158 g/mol. The summed E-state index contributed by atoms with van der Waals surface area (Å²) < 4.78 is 0. The number of carbonyl (C=O) groups is 1. The lowest BCUT2D eigenvalue weighted by Gasteiger charge is -2.24. The number of hydrogen-bond acceptors (Lipinski definition) is 2. The molecule has 0 saturated carbocycles. The summed E-state index contributed by atoms with van der Waals surface area (Å²) in [6, 6.07) is -0.0139. The number of rotatable bonds is 3. The molecule has 1 amide bonds. The molecule has 66 valence electrons. The van der Waals surface area contributed by atoms with Gasteiger partial charge in [-0.3, -0.25) is 9.69 Å². The summed E-state index contributed by atoms with van der Waals surface area (Å²) in [6.45, 7) is 4.66. The van der Waals surface area contributed by atoms with Crippen LogP contribution >= 0.6 is 0 Å². The Kier molecular flexibility index (Phi) is 4.11. The van der Waals surface area contributed by atoms with Crippen molar-refractivity contribution in [2.75, 3.05) is 27.7 Å². The van der Waals surface area contributed by atoms with Crippen LogP contribution in [0.2, 0.25) is 0 Å². The summed E-state index contributed by atoms with van der Waals surface area (Å²) in [5, 5.41) is 0. The largest absolute Gasteiger partial charge is 0.345 e. The summed E-state index contributed by atoms with van der Waals surface area (Å²) in [5.41, 5.74) is 0. The average Bonchev–Trinajstić information content (AvgIpc) is 2.00. The van der Waals surface area contributed by atoms with Crippen molar-refractivity contribution in [2.24, 2.45) is 0 Å². The molecule has 0 radical (unpaired) electrons. The van der Waals surface area contributed by atoms with Gasteiger partial charge in [-0.05, 0) is 27.9 Å². The minimum atomic E-state index is -0.0139. The van der Waals surface area contributed by atoms with Gasteiger partial charge in [0.05, 0.1) is 6.04 Å². The third-order valence-corrected chi connectivity index (χ3v) is 1.98. The highest BCUT2D eigenvalue weighted by Crippen LogP contribution is 1.96. The molecule has 0 aliphatic heterocycles. The van der Waals surface area contributed by atoms with Crippen LogP contribution in [0, 0.1) is 0 Å². The molecule has 0 N–H and O–H groups in total. The molecule has 11 heavy (non-hydrogen) atoms. The molecular formula is C8H18N2O. The maximum absolute atomic E-state index is 11.4. The Hall–Kier alpha value is -0.570. The maximum atomic E-state index is 11.4. The highest BCUT2D eigenvalue weighted by molar-refractivity contribution is 5.81. The minimum Gasteiger partial charge on any atom is -0.345 e. The lowest BCUT2D eigenvalue weighted by Crippen LogP contribution is -2.42. The first-order valence-corrected chi connectivity index (χ1v) is 3.92. The van der Waals surface area contributed by atoms with E-state index < -0.39 is 0 Å². The van der Waals surface area contributed by atoms with E-state index in [2.05, 4.69) is 0 Å². The number of likely N-dealkylation sites (N-methyl/N-ethyl adjacent to an activating group) is 2. The molecule has 0 bridgehead atoms. The van der Waals surface area contributed by atoms with E-state index in [-0.39, 0.29) is 11.9 Å². The molecule has 0 aliphatic rings. The third-order valence-electron chi connectivity index (χ3n) is 1.98. The lowest BCUT2D eigenvalue weighted by molar-refractivity contribution is -0.133. The van der Waals surface area contributed by atoms with Crippen molar-refractivity contribution in [3.63, 3.8) is 0 Å². The Morgan fingerprint density at radius 3 is 2.09 bits per heavy atom. The van der Waals surface area contributed by atoms with Gasteiger partial charge in [0.25, 0.3) is 0 Å². The minimum absolute atomic E-state index is 0.0139. The van der Waals surface area contributed by atoms with Crippen LogP contribution in [-0.4, -0.2) is 49.4 Å². The first kappa shape index (κ1) is 10.4. The van der Waals surface area contributed by atoms with Gasteiger partial charge in [0, 0.05) is 13.6 Å². The van der Waals surface area contributed by atoms with Crippen LogP contribution in [0.4, 0.5) is 0 Å². The van der Waals surface area contributed by atoms with E-state index in [1.807, 2.05) is 39.9 Å². The first-order valence-electron chi connectivity index (χ1n) is 3.92. The molecule has 1 atom stereocenters. The van der Waals surface area contributed by atoms with Crippen LogP contribution < -0.4 is 0 Å². The Morgan fingerprint density at radius 2 is 1.82 bits per heavy atom. The van der Waals surface area contributed by atoms with E-state index in [4.69, 9.17) is 0 Å². The van der Waals surface area contributed by atoms with Crippen molar-refractivity contribution in [3.8, 4) is 0 Å². The van der Waals surface area contributed by atoms with E-state index >= 15 is 0 Å². The van der Waals surface area contributed by atoms with Gasteiger partial charge in [0.15, 0.2) is 0 Å². The highest BCUT2D eigenvalue weighted by Gasteiger charge is 2.17. The van der Waals surface area contributed by atoms with Crippen molar-refractivity contribution >= 4 is 5.91 Å². The smallest absolute Gasteiger partial charge is 0.239 e. The van der Waals surface area contributed by atoms with Gasteiger partial charge in [-0.2, -0.15) is 0 Å². The molecule has 3 nitrogen and oxygen atoms in total. The second kappa shape index (κ2) is 4.34. The number of hydrogen-bond donors (Lipinski definition) is 0. The summed E-state index contributed by atoms with van der Waals surface area (Å²) >= 11 is 0. The molecule has 0 aromatic carbocycles. The van der Waals surface area contributed by atoms with Crippen LogP contribution in [0.3, 0.4) is 0 Å². The Bertz CT molecular complexity index is 134. The number of amides is 1. The summed E-state index contributed by atoms with van der Waals surface area (Å²) in [6.07, 6.45) is 0. The molecule has 0 rings (SSSR count). The zero-order valence-electron chi connectivity index (χ0n) is 8.09. The molecular weight excluding hydrogens is 140 g/mol. The van der Waals surface area contributed by atoms with Gasteiger partial charge in [0.1, 0.15) is 0 Å². The SMILES string of the molecule is CCN(C)C(=O)C(C)N(C)C. The van der Waals surface area contributed by atoms with E-state index in [0.29, 0.717) is 0 Å². The molecule has 3 heteroatoms. The van der Waals surface area contributed by atoms with Crippen LogP contribution in [0.5, 0.6) is 0 Å². The summed E-state index contributed by atoms with van der Waals surface area (Å²) in [7, 11) is 5.64. The monoisotopic (exact) mass is 158 g/mol. The Morgan fingerprint density at radius 1 is 1.36 bits per heavy atom. The fourth-order valence-corrected chi connectivity index (χ4v) is 0.696. The van der Waals surface area contributed by atoms with Gasteiger partial charge >= 0.3 is 0 Å². The maximum Gasteiger partial charge on any atom is 0.239 e. The van der Waals surface area contributed by atoms with E-state index in [9.17, 15) is 4.79 Å². The van der Waals surface area contributed by atoms with Gasteiger partial charge in [-0.25, -0.2) is 0 Å². The molecule has 0 aromatic heterocycles. The molecule has 0 spiro atoms. The lowest BCUT2D eigenvalue weighted by atomic mass is 10.3. The molecule has 0 saturated heterocycles. The van der Waals surface area contributed by atoms with Crippen molar-refractivity contribution < 1.29 is 4.79 Å². The van der Waals surface area contributed by atoms with Crippen LogP contribution in [-0.2, 0) is 4.79 Å². The summed E-state index contributed by atoms with van der Waals surface area (Å²) in [5.74, 6) is 0.178. The van der Waals surface area contributed by atoms with Crippen LogP contribution in [0.25, 0.3) is 0 Å². The van der Waals surface area contributed by atoms with E-state index in [1.54, 1.807) is 4.90 Å². The van der Waals surface area contributed by atoms with E-state index in [0.717, 1.165) is 6.54 Å². The van der Waals surface area contributed by atoms with Gasteiger partial charge < -0.3 is 4.90 Å². The predicted octanol–water partition coefficient (Wildman–Crippen LogP) is 0.415. The fourth-order valence-electron chi connectivity index (χ4n) is 0.696. The number of nitrogens with zero attached hydrogens (tertiary/aromatic N) is 2. The fraction of sp³-hybridized carbons (Fsp3) is 0.875. The van der Waals surface area contributed by atoms with Crippen LogP contribution in [0.15, 0.2) is 0 Å². The van der Waals surface area contributed by atoms with Crippen LogP contribution in [0.1, 0.15) is 13.8 Å². The zero-order valence-corrected chi connectivity index (χ0v) is 8.09. The quantitative estimate of drug-likeness (QED) is 0.594. The van der Waals surface area contributed by atoms with E-state index in [1.165, 1.54) is 0 Å². The molecule has 0 aliphatic carbocycles. The molecule has 1 unspecified atom stereocenters. The number of carbonyl (C=O) groups excluding carboxylic acids is 1. The molecule has 0 heterocycles. The topological polar surface area (TPSA) is 23.6 Å². The van der Waals surface area contributed by atoms with Crippen molar-refractivity contribution in [3.05, 3.63) is 0 Å². The first-order chi connectivity index (χ1) is 5.00. The Labute approximate surface area is 69.0 Å². The Balaban J connectivity index is 4.02. The summed E-state index contributed by atoms with van der Waals surface area (Å²) in [4.78, 5) is 15.0. The molecule has 0 aromatic rings. The van der Waals surface area contributed by atoms with Crippen molar-refractivity contribution in [1.82, 2.24) is 9.80 Å². The third kappa shape index (κ3) is 2.89.